The highest BCUT2D eigenvalue weighted by molar-refractivity contribution is 7.09. The van der Waals surface area contributed by atoms with Crippen molar-refractivity contribution in [3.05, 3.63) is 45.4 Å². The number of hydrogen-bond donors (Lipinski definition) is 1. The number of benzene rings is 1. The van der Waals surface area contributed by atoms with Crippen molar-refractivity contribution in [2.75, 3.05) is 0 Å². The van der Waals surface area contributed by atoms with E-state index in [0.29, 0.717) is 5.75 Å². The third-order valence-corrected chi connectivity index (χ3v) is 3.84. The Balaban J connectivity index is 2.21. The lowest BCUT2D eigenvalue weighted by atomic mass is 9.93. The minimum Gasteiger partial charge on any atom is -0.508 e. The van der Waals surface area contributed by atoms with Crippen molar-refractivity contribution >= 4 is 11.3 Å². The van der Waals surface area contributed by atoms with Gasteiger partial charge in [0.2, 0.25) is 0 Å². The van der Waals surface area contributed by atoms with Crippen LogP contribution in [-0.4, -0.2) is 10.1 Å². The van der Waals surface area contributed by atoms with Gasteiger partial charge in [-0.25, -0.2) is 4.98 Å². The van der Waals surface area contributed by atoms with Crippen molar-refractivity contribution in [1.29, 1.82) is 0 Å². The summed E-state index contributed by atoms with van der Waals surface area (Å²) in [5, 5.41) is 12.7. The number of aryl methyl sites for hydroxylation is 1. The van der Waals surface area contributed by atoms with Crippen LogP contribution in [0.1, 0.15) is 42.6 Å². The largest absolute Gasteiger partial charge is 0.508 e. The summed E-state index contributed by atoms with van der Waals surface area (Å²) >= 11 is 1.71. The Labute approximate surface area is 112 Å². The highest BCUT2D eigenvalue weighted by Crippen LogP contribution is 2.26. The second-order valence-electron chi connectivity index (χ2n) is 5.66. The Bertz CT molecular complexity index is 552. The molecule has 18 heavy (non-hydrogen) atoms. The summed E-state index contributed by atoms with van der Waals surface area (Å²) in [6.45, 7) is 8.56. The molecule has 1 aromatic carbocycles. The first-order valence-electron chi connectivity index (χ1n) is 6.09. The lowest BCUT2D eigenvalue weighted by Crippen LogP contribution is -2.11. The van der Waals surface area contributed by atoms with E-state index in [0.717, 1.165) is 22.7 Å². The molecular formula is C15H19NOS. The average Bonchev–Trinajstić information content (AvgIpc) is 2.70. The summed E-state index contributed by atoms with van der Waals surface area (Å²) in [6, 6.07) is 5.51. The number of aromatic nitrogens is 1. The summed E-state index contributed by atoms with van der Waals surface area (Å²) in [5.74, 6) is 0.325. The molecule has 0 aliphatic heterocycles. The predicted octanol–water partition coefficient (Wildman–Crippen LogP) is 4.05. The van der Waals surface area contributed by atoms with Crippen LogP contribution in [0.5, 0.6) is 5.75 Å². The predicted molar refractivity (Wildman–Crippen MR) is 76.5 cm³/mol. The lowest BCUT2D eigenvalue weighted by molar-refractivity contribution is 0.474. The molecule has 2 nitrogen and oxygen atoms in total. The zero-order chi connectivity index (χ0) is 13.3. The lowest BCUT2D eigenvalue weighted by Gasteiger charge is -2.14. The first-order chi connectivity index (χ1) is 8.36. The first kappa shape index (κ1) is 13.1. The van der Waals surface area contributed by atoms with Crippen molar-refractivity contribution in [3.63, 3.8) is 0 Å². The number of hydrogen-bond acceptors (Lipinski definition) is 3. The third-order valence-electron chi connectivity index (χ3n) is 2.99. The highest BCUT2D eigenvalue weighted by Gasteiger charge is 2.17. The maximum absolute atomic E-state index is 9.40. The van der Waals surface area contributed by atoms with E-state index in [-0.39, 0.29) is 5.41 Å². The molecular weight excluding hydrogens is 242 g/mol. The summed E-state index contributed by atoms with van der Waals surface area (Å²) in [6.07, 6.45) is 0.840. The minimum atomic E-state index is 0.110. The molecule has 3 heteroatoms. The van der Waals surface area contributed by atoms with Gasteiger partial charge in [0.1, 0.15) is 5.75 Å². The summed E-state index contributed by atoms with van der Waals surface area (Å²) < 4.78 is 0. The fourth-order valence-electron chi connectivity index (χ4n) is 1.78. The standard InChI is InChI=1S/C15H19NOS/c1-10-7-12(17)6-5-11(10)8-14-16-13(9-18-14)15(2,3)4/h5-7,9,17H,8H2,1-4H3. The number of phenolic OH excluding ortho intramolecular Hbond substituents is 1. The molecule has 0 saturated heterocycles. The van der Waals surface area contributed by atoms with Gasteiger partial charge >= 0.3 is 0 Å². The van der Waals surface area contributed by atoms with Crippen LogP contribution >= 0.6 is 11.3 Å². The molecule has 0 radical (unpaired) electrons. The first-order valence-corrected chi connectivity index (χ1v) is 6.97. The monoisotopic (exact) mass is 261 g/mol. The molecule has 0 atom stereocenters. The van der Waals surface area contributed by atoms with Gasteiger partial charge in [-0.3, -0.25) is 0 Å². The van der Waals surface area contributed by atoms with E-state index in [2.05, 4.69) is 26.2 Å². The quantitative estimate of drug-likeness (QED) is 0.885. The molecule has 1 aromatic heterocycles. The third kappa shape index (κ3) is 2.91. The van der Waals surface area contributed by atoms with Crippen LogP contribution in [0.2, 0.25) is 0 Å². The fourth-order valence-corrected chi connectivity index (χ4v) is 2.82. The Morgan fingerprint density at radius 1 is 1.28 bits per heavy atom. The van der Waals surface area contributed by atoms with Gasteiger partial charge in [0.15, 0.2) is 0 Å². The molecule has 0 unspecified atom stereocenters. The zero-order valence-electron chi connectivity index (χ0n) is 11.3. The van der Waals surface area contributed by atoms with E-state index in [1.807, 2.05) is 13.0 Å². The molecule has 0 fully saturated rings. The zero-order valence-corrected chi connectivity index (χ0v) is 12.1. The maximum atomic E-state index is 9.40. The van der Waals surface area contributed by atoms with Gasteiger partial charge < -0.3 is 5.11 Å². The smallest absolute Gasteiger partial charge is 0.115 e. The fraction of sp³-hybridized carbons (Fsp3) is 0.400. The van der Waals surface area contributed by atoms with Crippen molar-refractivity contribution < 1.29 is 5.11 Å². The van der Waals surface area contributed by atoms with Gasteiger partial charge in [0, 0.05) is 17.2 Å². The van der Waals surface area contributed by atoms with Gasteiger partial charge in [-0.1, -0.05) is 26.8 Å². The molecule has 1 N–H and O–H groups in total. The summed E-state index contributed by atoms with van der Waals surface area (Å²) in [7, 11) is 0. The Hall–Kier alpha value is -1.35. The normalized spacial score (nSPS) is 11.8. The van der Waals surface area contributed by atoms with Crippen LogP contribution < -0.4 is 0 Å². The summed E-state index contributed by atoms with van der Waals surface area (Å²) in [5.41, 5.74) is 3.60. The SMILES string of the molecule is Cc1cc(O)ccc1Cc1nc(C(C)(C)C)cs1. The molecule has 1 heterocycles. The van der Waals surface area contributed by atoms with E-state index >= 15 is 0 Å². The Morgan fingerprint density at radius 3 is 2.56 bits per heavy atom. The topological polar surface area (TPSA) is 33.1 Å². The van der Waals surface area contributed by atoms with Gasteiger partial charge in [-0.15, -0.1) is 11.3 Å². The average molecular weight is 261 g/mol. The summed E-state index contributed by atoms with van der Waals surface area (Å²) in [4.78, 5) is 4.70. The molecule has 0 spiro atoms. The van der Waals surface area contributed by atoms with Crippen molar-refractivity contribution in [2.45, 2.75) is 39.5 Å². The Kier molecular flexibility index (Phi) is 3.44. The van der Waals surface area contributed by atoms with E-state index in [4.69, 9.17) is 4.98 Å². The number of aromatic hydroxyl groups is 1. The van der Waals surface area contributed by atoms with E-state index in [1.165, 1.54) is 5.56 Å². The van der Waals surface area contributed by atoms with Crippen LogP contribution in [0.3, 0.4) is 0 Å². The van der Waals surface area contributed by atoms with E-state index in [1.54, 1.807) is 23.5 Å². The molecule has 96 valence electrons. The van der Waals surface area contributed by atoms with Gasteiger partial charge in [0.05, 0.1) is 10.7 Å². The van der Waals surface area contributed by atoms with Crippen molar-refractivity contribution in [2.24, 2.45) is 0 Å². The number of rotatable bonds is 2. The second-order valence-corrected chi connectivity index (χ2v) is 6.61. The number of phenols is 1. The highest BCUT2D eigenvalue weighted by atomic mass is 32.1. The Morgan fingerprint density at radius 2 is 2.00 bits per heavy atom. The van der Waals surface area contributed by atoms with Gasteiger partial charge in [0.25, 0.3) is 0 Å². The van der Waals surface area contributed by atoms with E-state index < -0.39 is 0 Å². The molecule has 0 aliphatic rings. The van der Waals surface area contributed by atoms with Crippen LogP contribution in [0, 0.1) is 6.92 Å². The molecule has 0 aliphatic carbocycles. The molecule has 2 rings (SSSR count). The van der Waals surface area contributed by atoms with Crippen LogP contribution in [0.15, 0.2) is 23.6 Å². The molecule has 0 saturated carbocycles. The molecule has 0 bridgehead atoms. The van der Waals surface area contributed by atoms with Crippen LogP contribution in [0.25, 0.3) is 0 Å². The van der Waals surface area contributed by atoms with Gasteiger partial charge in [-0.05, 0) is 30.2 Å². The maximum Gasteiger partial charge on any atom is 0.115 e. The van der Waals surface area contributed by atoms with Crippen molar-refractivity contribution in [3.8, 4) is 5.75 Å². The minimum absolute atomic E-state index is 0.110. The second kappa shape index (κ2) is 4.73. The van der Waals surface area contributed by atoms with Gasteiger partial charge in [-0.2, -0.15) is 0 Å². The van der Waals surface area contributed by atoms with Crippen LogP contribution in [0.4, 0.5) is 0 Å². The number of nitrogens with zero attached hydrogens (tertiary/aromatic N) is 1. The number of thiazole rings is 1. The molecule has 0 amide bonds. The van der Waals surface area contributed by atoms with E-state index in [9.17, 15) is 5.11 Å². The van der Waals surface area contributed by atoms with Crippen molar-refractivity contribution in [1.82, 2.24) is 4.98 Å². The van der Waals surface area contributed by atoms with Crippen LogP contribution in [-0.2, 0) is 11.8 Å². The molecule has 2 aromatic rings.